The van der Waals surface area contributed by atoms with Gasteiger partial charge < -0.3 is 20.7 Å². The lowest BCUT2D eigenvalue weighted by atomic mass is 10.3. The minimum atomic E-state index is -0.983. The molecule has 0 saturated heterocycles. The Labute approximate surface area is 78.9 Å². The molecule has 76 valence electrons. The first-order chi connectivity index (χ1) is 6.61. The molecule has 1 heterocycles. The number of nitrogen functional groups attached to an aromatic ring is 1. The van der Waals surface area contributed by atoms with E-state index in [1.807, 2.05) is 0 Å². The third-order valence-corrected chi connectivity index (χ3v) is 1.47. The first-order valence-electron chi connectivity index (χ1n) is 3.81. The van der Waals surface area contributed by atoms with Crippen LogP contribution in [0.5, 0.6) is 0 Å². The first kappa shape index (κ1) is 10.0. The molecule has 7 nitrogen and oxygen atoms in total. The van der Waals surface area contributed by atoms with Crippen molar-refractivity contribution in [2.45, 2.75) is 6.42 Å². The minimum absolute atomic E-state index is 0.0405. The Balaban J connectivity index is 2.44. The van der Waals surface area contributed by atoms with Gasteiger partial charge >= 0.3 is 5.97 Å². The van der Waals surface area contributed by atoms with E-state index < -0.39 is 11.9 Å². The molecule has 0 spiro atoms. The molecule has 0 fully saturated rings. The molecule has 0 radical (unpaired) electrons. The van der Waals surface area contributed by atoms with Crippen LogP contribution >= 0.6 is 0 Å². The van der Waals surface area contributed by atoms with Crippen LogP contribution in [0.1, 0.15) is 16.8 Å². The van der Waals surface area contributed by atoms with Crippen molar-refractivity contribution in [3.63, 3.8) is 0 Å². The number of hydrogen-bond donors (Lipinski definition) is 3. The second kappa shape index (κ2) is 4.26. The average Bonchev–Trinajstić information content (AvgIpc) is 2.50. The summed E-state index contributed by atoms with van der Waals surface area (Å²) in [5.41, 5.74) is 5.37. The Morgan fingerprint density at radius 2 is 2.36 bits per heavy atom. The van der Waals surface area contributed by atoms with Crippen molar-refractivity contribution in [3.8, 4) is 0 Å². The van der Waals surface area contributed by atoms with Crippen LogP contribution in [0.25, 0.3) is 0 Å². The number of nitrogens with zero attached hydrogens (tertiary/aromatic N) is 1. The van der Waals surface area contributed by atoms with Crippen molar-refractivity contribution in [2.24, 2.45) is 0 Å². The van der Waals surface area contributed by atoms with Crippen molar-refractivity contribution in [1.82, 2.24) is 10.5 Å². The van der Waals surface area contributed by atoms with Crippen LogP contribution in [0, 0.1) is 0 Å². The summed E-state index contributed by atoms with van der Waals surface area (Å²) in [6, 6.07) is 0. The van der Waals surface area contributed by atoms with Gasteiger partial charge in [0.1, 0.15) is 5.56 Å². The number of nitrogens with one attached hydrogen (secondary N) is 1. The van der Waals surface area contributed by atoms with E-state index in [0.29, 0.717) is 0 Å². The predicted octanol–water partition coefficient (Wildman–Crippen LogP) is -0.539. The normalized spacial score (nSPS) is 9.71. The van der Waals surface area contributed by atoms with Gasteiger partial charge in [0.15, 0.2) is 0 Å². The maximum Gasteiger partial charge on any atom is 0.305 e. The zero-order chi connectivity index (χ0) is 10.6. The summed E-state index contributed by atoms with van der Waals surface area (Å²) < 4.78 is 4.46. The molecule has 1 aromatic rings. The number of anilines is 1. The Hall–Kier alpha value is -2.05. The zero-order valence-electron chi connectivity index (χ0n) is 7.19. The number of nitrogens with two attached hydrogens (primary N) is 1. The summed E-state index contributed by atoms with van der Waals surface area (Å²) in [6.45, 7) is 0.0405. The van der Waals surface area contributed by atoms with Crippen LogP contribution in [-0.4, -0.2) is 28.7 Å². The summed E-state index contributed by atoms with van der Waals surface area (Å²) in [5, 5.41) is 14.0. The smallest absolute Gasteiger partial charge is 0.305 e. The molecular formula is C7H9N3O4. The molecule has 14 heavy (non-hydrogen) atoms. The van der Waals surface area contributed by atoms with Gasteiger partial charge in [-0.3, -0.25) is 9.59 Å². The summed E-state index contributed by atoms with van der Waals surface area (Å²) in [6.07, 6.45) is 1.03. The molecule has 0 saturated carbocycles. The van der Waals surface area contributed by atoms with Crippen LogP contribution in [0.4, 0.5) is 5.88 Å². The summed E-state index contributed by atoms with van der Waals surface area (Å²) in [7, 11) is 0. The topological polar surface area (TPSA) is 118 Å². The summed E-state index contributed by atoms with van der Waals surface area (Å²) in [4.78, 5) is 21.4. The molecule has 0 unspecified atom stereocenters. The van der Waals surface area contributed by atoms with Gasteiger partial charge in [0.25, 0.3) is 5.91 Å². The lowest BCUT2D eigenvalue weighted by molar-refractivity contribution is -0.136. The van der Waals surface area contributed by atoms with Crippen LogP contribution in [0.15, 0.2) is 10.7 Å². The third kappa shape index (κ3) is 2.47. The van der Waals surface area contributed by atoms with E-state index in [4.69, 9.17) is 10.8 Å². The molecule has 7 heteroatoms. The van der Waals surface area contributed by atoms with Crippen LogP contribution in [0.3, 0.4) is 0 Å². The number of rotatable bonds is 4. The molecule has 4 N–H and O–H groups in total. The Morgan fingerprint density at radius 3 is 2.86 bits per heavy atom. The third-order valence-electron chi connectivity index (χ3n) is 1.47. The van der Waals surface area contributed by atoms with E-state index in [1.54, 1.807) is 0 Å². The first-order valence-corrected chi connectivity index (χ1v) is 3.81. The van der Waals surface area contributed by atoms with Crippen molar-refractivity contribution in [2.75, 3.05) is 12.3 Å². The highest BCUT2D eigenvalue weighted by atomic mass is 16.5. The van der Waals surface area contributed by atoms with Crippen molar-refractivity contribution in [1.29, 1.82) is 0 Å². The lowest BCUT2D eigenvalue weighted by Crippen LogP contribution is -2.26. The largest absolute Gasteiger partial charge is 0.481 e. The standard InChI is InChI=1S/C7H9N3O4/c8-6-4(3-10-14-6)7(13)9-2-1-5(11)12/h3H,1-2,8H2,(H,9,13)(H,11,12). The second-order valence-corrected chi connectivity index (χ2v) is 2.50. The Bertz CT molecular complexity index is 346. The number of hydrogen-bond acceptors (Lipinski definition) is 5. The van der Waals surface area contributed by atoms with E-state index in [2.05, 4.69) is 15.0 Å². The maximum absolute atomic E-state index is 11.2. The highest BCUT2D eigenvalue weighted by molar-refractivity contribution is 5.97. The number of aromatic nitrogens is 1. The van der Waals surface area contributed by atoms with Gasteiger partial charge in [-0.15, -0.1) is 0 Å². The summed E-state index contributed by atoms with van der Waals surface area (Å²) >= 11 is 0. The van der Waals surface area contributed by atoms with Crippen LogP contribution in [0.2, 0.25) is 0 Å². The van der Waals surface area contributed by atoms with E-state index >= 15 is 0 Å². The molecule has 0 aliphatic carbocycles. The van der Waals surface area contributed by atoms with Gasteiger partial charge in [-0.25, -0.2) is 0 Å². The van der Waals surface area contributed by atoms with Gasteiger partial charge in [-0.2, -0.15) is 0 Å². The van der Waals surface area contributed by atoms with E-state index in [-0.39, 0.29) is 24.4 Å². The van der Waals surface area contributed by atoms with Crippen LogP contribution in [-0.2, 0) is 4.79 Å². The SMILES string of the molecule is Nc1oncc1C(=O)NCCC(=O)O. The number of aliphatic carboxylic acids is 1. The highest BCUT2D eigenvalue weighted by Crippen LogP contribution is 2.08. The van der Waals surface area contributed by atoms with E-state index in [9.17, 15) is 9.59 Å². The second-order valence-electron chi connectivity index (χ2n) is 2.50. The van der Waals surface area contributed by atoms with Gasteiger partial charge in [-0.05, 0) is 0 Å². The van der Waals surface area contributed by atoms with Crippen molar-refractivity contribution >= 4 is 17.8 Å². The molecule has 0 bridgehead atoms. The van der Waals surface area contributed by atoms with Gasteiger partial charge in [0, 0.05) is 6.54 Å². The Morgan fingerprint density at radius 1 is 1.64 bits per heavy atom. The Kier molecular flexibility index (Phi) is 3.05. The number of amides is 1. The van der Waals surface area contributed by atoms with Crippen molar-refractivity contribution in [3.05, 3.63) is 11.8 Å². The number of carbonyl (C=O) groups is 2. The fourth-order valence-corrected chi connectivity index (χ4v) is 0.797. The van der Waals surface area contributed by atoms with Crippen LogP contribution < -0.4 is 11.1 Å². The highest BCUT2D eigenvalue weighted by Gasteiger charge is 2.12. The van der Waals surface area contributed by atoms with E-state index in [0.717, 1.165) is 0 Å². The predicted molar refractivity (Wildman–Crippen MR) is 45.5 cm³/mol. The molecular weight excluding hydrogens is 190 g/mol. The molecule has 0 atom stereocenters. The molecule has 1 aromatic heterocycles. The average molecular weight is 199 g/mol. The van der Waals surface area contributed by atoms with Crippen molar-refractivity contribution < 1.29 is 19.2 Å². The molecule has 0 aromatic carbocycles. The monoisotopic (exact) mass is 199 g/mol. The fourth-order valence-electron chi connectivity index (χ4n) is 0.797. The molecule has 1 amide bonds. The molecule has 0 aliphatic rings. The number of carboxylic acids is 1. The molecule has 0 aliphatic heterocycles. The van der Waals surface area contributed by atoms with Gasteiger partial charge in [0.2, 0.25) is 5.88 Å². The minimum Gasteiger partial charge on any atom is -0.481 e. The zero-order valence-corrected chi connectivity index (χ0v) is 7.19. The molecule has 1 rings (SSSR count). The van der Waals surface area contributed by atoms with Gasteiger partial charge in [-0.1, -0.05) is 5.16 Å². The fraction of sp³-hybridized carbons (Fsp3) is 0.286. The maximum atomic E-state index is 11.2. The quantitative estimate of drug-likeness (QED) is 0.599. The number of carboxylic acid groups (broad SMARTS) is 1. The van der Waals surface area contributed by atoms with Gasteiger partial charge in [0.05, 0.1) is 12.6 Å². The van der Waals surface area contributed by atoms with E-state index in [1.165, 1.54) is 6.20 Å². The number of carbonyl (C=O) groups excluding carboxylic acids is 1. The summed E-state index contributed by atoms with van der Waals surface area (Å²) in [5.74, 6) is -1.56. The lowest BCUT2D eigenvalue weighted by Gasteiger charge is -2.00.